The van der Waals surface area contributed by atoms with Crippen molar-refractivity contribution in [1.29, 1.82) is 0 Å². The van der Waals surface area contributed by atoms with E-state index in [0.29, 0.717) is 12.5 Å². The number of nitrogens with two attached hydrogens (primary N) is 1. The van der Waals surface area contributed by atoms with Crippen molar-refractivity contribution < 1.29 is 4.79 Å². The fourth-order valence-electron chi connectivity index (χ4n) is 2.21. The van der Waals surface area contributed by atoms with Crippen molar-refractivity contribution in [2.45, 2.75) is 19.8 Å². The van der Waals surface area contributed by atoms with Crippen LogP contribution >= 0.6 is 11.3 Å². The number of carbonyl (C=O) groups excluding carboxylic acids is 1. The minimum Gasteiger partial charge on any atom is -0.338 e. The third-order valence-corrected chi connectivity index (χ3v) is 4.24. The van der Waals surface area contributed by atoms with Crippen LogP contribution in [0.25, 0.3) is 0 Å². The van der Waals surface area contributed by atoms with Crippen LogP contribution in [0.3, 0.4) is 0 Å². The average molecular weight is 262 g/mol. The molecule has 1 amide bonds. The molecule has 2 rings (SSSR count). The van der Waals surface area contributed by atoms with Gasteiger partial charge in [0.15, 0.2) is 0 Å². The summed E-state index contributed by atoms with van der Waals surface area (Å²) in [6.45, 7) is 4.27. The molecule has 1 aliphatic rings. The van der Waals surface area contributed by atoms with E-state index < -0.39 is 0 Å². The molecule has 1 saturated heterocycles. The molecule has 0 aromatic carbocycles. The molecule has 1 aromatic rings. The highest BCUT2D eigenvalue weighted by atomic mass is 32.1. The zero-order chi connectivity index (χ0) is 13.0. The number of amides is 1. The van der Waals surface area contributed by atoms with Crippen molar-refractivity contribution in [2.75, 3.05) is 19.6 Å². The molecule has 18 heavy (non-hydrogen) atoms. The first-order valence-electron chi connectivity index (χ1n) is 6.32. The summed E-state index contributed by atoms with van der Waals surface area (Å²) in [5.41, 5.74) is 6.18. The molecule has 0 radical (unpaired) electrons. The number of hydrogen-bond acceptors (Lipinski definition) is 3. The largest absolute Gasteiger partial charge is 0.338 e. The third-order valence-electron chi connectivity index (χ3n) is 3.34. The summed E-state index contributed by atoms with van der Waals surface area (Å²) >= 11 is 1.47. The Balaban J connectivity index is 2.12. The maximum absolute atomic E-state index is 12.4. The van der Waals surface area contributed by atoms with E-state index in [1.807, 2.05) is 16.3 Å². The van der Waals surface area contributed by atoms with Crippen molar-refractivity contribution >= 4 is 17.2 Å². The van der Waals surface area contributed by atoms with Crippen LogP contribution in [-0.2, 0) is 0 Å². The summed E-state index contributed by atoms with van der Waals surface area (Å²) in [7, 11) is 0. The highest BCUT2D eigenvalue weighted by molar-refractivity contribution is 7.12. The van der Waals surface area contributed by atoms with Gasteiger partial charge in [-0.15, -0.1) is 11.3 Å². The normalized spacial score (nSPS) is 18.6. The predicted octanol–water partition coefficient (Wildman–Crippen LogP) is 1.93. The van der Waals surface area contributed by atoms with Gasteiger partial charge >= 0.3 is 0 Å². The SMILES string of the molecule is CCC1CCN(C(=O)c2sccc2C#CCN)C1. The summed E-state index contributed by atoms with van der Waals surface area (Å²) in [6.07, 6.45) is 2.27. The van der Waals surface area contributed by atoms with E-state index in [-0.39, 0.29) is 5.91 Å². The van der Waals surface area contributed by atoms with Gasteiger partial charge in [-0.25, -0.2) is 0 Å². The second-order valence-electron chi connectivity index (χ2n) is 4.48. The van der Waals surface area contributed by atoms with Gasteiger partial charge in [0.05, 0.1) is 6.54 Å². The lowest BCUT2D eigenvalue weighted by Gasteiger charge is -2.15. The standard InChI is InChI=1S/C14H18N2OS/c1-2-11-5-8-16(10-11)14(17)13-12(4-3-7-15)6-9-18-13/h6,9,11H,2,5,7-8,10,15H2,1H3. The lowest BCUT2D eigenvalue weighted by molar-refractivity contribution is 0.0791. The number of rotatable bonds is 2. The van der Waals surface area contributed by atoms with E-state index in [0.717, 1.165) is 36.4 Å². The Labute approximate surface area is 112 Å². The molecule has 96 valence electrons. The fraction of sp³-hybridized carbons (Fsp3) is 0.500. The summed E-state index contributed by atoms with van der Waals surface area (Å²) < 4.78 is 0. The smallest absolute Gasteiger partial charge is 0.265 e. The van der Waals surface area contributed by atoms with E-state index in [9.17, 15) is 4.79 Å². The third kappa shape index (κ3) is 2.74. The minimum absolute atomic E-state index is 0.127. The van der Waals surface area contributed by atoms with Gasteiger partial charge in [0.2, 0.25) is 0 Å². The molecule has 1 aromatic heterocycles. The predicted molar refractivity (Wildman–Crippen MR) is 74.6 cm³/mol. The van der Waals surface area contributed by atoms with Gasteiger partial charge in [-0.1, -0.05) is 25.2 Å². The highest BCUT2D eigenvalue weighted by Crippen LogP contribution is 2.24. The molecule has 2 heterocycles. The Morgan fingerprint density at radius 1 is 1.67 bits per heavy atom. The second-order valence-corrected chi connectivity index (χ2v) is 5.40. The first-order chi connectivity index (χ1) is 8.76. The summed E-state index contributed by atoms with van der Waals surface area (Å²) in [5.74, 6) is 6.57. The molecule has 1 atom stereocenters. The summed E-state index contributed by atoms with van der Waals surface area (Å²) in [4.78, 5) is 15.1. The highest BCUT2D eigenvalue weighted by Gasteiger charge is 2.27. The Bertz CT molecular complexity index is 483. The van der Waals surface area contributed by atoms with Crippen LogP contribution in [0.15, 0.2) is 11.4 Å². The second kappa shape index (κ2) is 6.03. The zero-order valence-electron chi connectivity index (χ0n) is 10.6. The van der Waals surface area contributed by atoms with Crippen molar-refractivity contribution in [2.24, 2.45) is 11.7 Å². The van der Waals surface area contributed by atoms with Crippen molar-refractivity contribution in [3.05, 3.63) is 21.9 Å². The van der Waals surface area contributed by atoms with Gasteiger partial charge < -0.3 is 10.6 Å². The molecule has 4 heteroatoms. The van der Waals surface area contributed by atoms with Crippen LogP contribution in [0.5, 0.6) is 0 Å². The van der Waals surface area contributed by atoms with E-state index >= 15 is 0 Å². The molecule has 0 bridgehead atoms. The topological polar surface area (TPSA) is 46.3 Å². The van der Waals surface area contributed by atoms with Gasteiger partial charge in [-0.2, -0.15) is 0 Å². The molecule has 1 unspecified atom stereocenters. The molecule has 0 saturated carbocycles. The molecule has 2 N–H and O–H groups in total. The number of hydrogen-bond donors (Lipinski definition) is 1. The first-order valence-corrected chi connectivity index (χ1v) is 7.20. The maximum atomic E-state index is 12.4. The Morgan fingerprint density at radius 3 is 3.17 bits per heavy atom. The van der Waals surface area contributed by atoms with E-state index in [1.54, 1.807) is 0 Å². The number of carbonyl (C=O) groups is 1. The maximum Gasteiger partial charge on any atom is 0.265 e. The molecule has 0 spiro atoms. The first kappa shape index (κ1) is 13.1. The monoisotopic (exact) mass is 262 g/mol. The molecule has 1 fully saturated rings. The van der Waals surface area contributed by atoms with Gasteiger partial charge in [0, 0.05) is 18.7 Å². The Morgan fingerprint density at radius 2 is 2.50 bits per heavy atom. The number of nitrogens with zero attached hydrogens (tertiary/aromatic N) is 1. The average Bonchev–Trinajstić information content (AvgIpc) is 3.04. The summed E-state index contributed by atoms with van der Waals surface area (Å²) in [6, 6.07) is 1.90. The molecular weight excluding hydrogens is 244 g/mol. The Hall–Kier alpha value is -1.31. The lowest BCUT2D eigenvalue weighted by atomic mass is 10.1. The molecule has 1 aliphatic heterocycles. The van der Waals surface area contributed by atoms with Crippen molar-refractivity contribution in [3.8, 4) is 11.8 Å². The van der Waals surface area contributed by atoms with Crippen LogP contribution in [0.4, 0.5) is 0 Å². The number of likely N-dealkylation sites (tertiary alicyclic amines) is 1. The van der Waals surface area contributed by atoms with Gasteiger partial charge in [0.1, 0.15) is 4.88 Å². The lowest BCUT2D eigenvalue weighted by Crippen LogP contribution is -2.28. The molecular formula is C14H18N2OS. The van der Waals surface area contributed by atoms with Crippen LogP contribution in [0, 0.1) is 17.8 Å². The minimum atomic E-state index is 0.127. The van der Waals surface area contributed by atoms with Crippen molar-refractivity contribution in [3.63, 3.8) is 0 Å². The fourth-order valence-corrected chi connectivity index (χ4v) is 3.03. The molecule has 0 aliphatic carbocycles. The molecule has 3 nitrogen and oxygen atoms in total. The summed E-state index contributed by atoms with van der Waals surface area (Å²) in [5, 5.41) is 1.92. The van der Waals surface area contributed by atoms with Crippen LogP contribution in [0.1, 0.15) is 35.0 Å². The van der Waals surface area contributed by atoms with Crippen LogP contribution in [0.2, 0.25) is 0 Å². The Kier molecular flexibility index (Phi) is 4.40. The van der Waals surface area contributed by atoms with Gasteiger partial charge in [-0.3, -0.25) is 4.79 Å². The van der Waals surface area contributed by atoms with Crippen LogP contribution < -0.4 is 5.73 Å². The van der Waals surface area contributed by atoms with Crippen molar-refractivity contribution in [1.82, 2.24) is 4.90 Å². The zero-order valence-corrected chi connectivity index (χ0v) is 11.4. The quantitative estimate of drug-likeness (QED) is 0.828. The van der Waals surface area contributed by atoms with Gasteiger partial charge in [0.25, 0.3) is 5.91 Å². The number of thiophene rings is 1. The van der Waals surface area contributed by atoms with Gasteiger partial charge in [-0.05, 0) is 23.8 Å². The van der Waals surface area contributed by atoms with E-state index in [1.165, 1.54) is 11.3 Å². The van der Waals surface area contributed by atoms with Crippen LogP contribution in [-0.4, -0.2) is 30.4 Å². The van der Waals surface area contributed by atoms with E-state index in [2.05, 4.69) is 18.8 Å². The van der Waals surface area contributed by atoms with E-state index in [4.69, 9.17) is 5.73 Å².